The van der Waals surface area contributed by atoms with Crippen molar-refractivity contribution < 1.29 is 0 Å². The summed E-state index contributed by atoms with van der Waals surface area (Å²) in [6.45, 7) is 5.24. The quantitative estimate of drug-likeness (QED) is 0.445. The highest BCUT2D eigenvalue weighted by molar-refractivity contribution is 7.99. The Labute approximate surface area is 153 Å². The van der Waals surface area contributed by atoms with E-state index in [-0.39, 0.29) is 0 Å². The summed E-state index contributed by atoms with van der Waals surface area (Å²) in [7, 11) is 2.05. The van der Waals surface area contributed by atoms with Gasteiger partial charge in [0.25, 0.3) is 0 Å². The van der Waals surface area contributed by atoms with Crippen LogP contribution in [0.5, 0.6) is 0 Å². The summed E-state index contributed by atoms with van der Waals surface area (Å²) < 4.78 is 0. The molecule has 3 rings (SSSR count). The summed E-state index contributed by atoms with van der Waals surface area (Å²) in [6.07, 6.45) is 4.47. The first-order valence-corrected chi connectivity index (χ1v) is 9.59. The van der Waals surface area contributed by atoms with Gasteiger partial charge in [-0.2, -0.15) is 0 Å². The second kappa shape index (κ2) is 7.62. The number of rotatable bonds is 6. The Hall–Kier alpha value is -1.45. The molecule has 0 spiro atoms. The van der Waals surface area contributed by atoms with Crippen molar-refractivity contribution in [2.75, 3.05) is 13.6 Å². The molecule has 0 amide bonds. The number of aliphatic imine (C=N–C) groups is 1. The first-order valence-electron chi connectivity index (χ1n) is 8.40. The molecule has 0 aromatic heterocycles. The molecule has 2 aromatic carbocycles. The van der Waals surface area contributed by atoms with Gasteiger partial charge in [0.1, 0.15) is 0 Å². The summed E-state index contributed by atoms with van der Waals surface area (Å²) in [5, 5.41) is 0.807. The van der Waals surface area contributed by atoms with Crippen LogP contribution in [0.4, 0.5) is 5.69 Å². The third-order valence-corrected chi connectivity index (χ3v) is 5.97. The summed E-state index contributed by atoms with van der Waals surface area (Å²) in [5.41, 5.74) is 3.73. The van der Waals surface area contributed by atoms with Gasteiger partial charge in [0, 0.05) is 23.4 Å². The van der Waals surface area contributed by atoms with E-state index in [4.69, 9.17) is 16.6 Å². The van der Waals surface area contributed by atoms with Gasteiger partial charge in [-0.25, -0.2) is 4.99 Å². The Balaban J connectivity index is 1.93. The number of halogens is 1. The van der Waals surface area contributed by atoms with Gasteiger partial charge in [-0.05, 0) is 68.0 Å². The maximum atomic E-state index is 6.32. The average Bonchev–Trinajstić information content (AvgIpc) is 3.41. The number of aryl methyl sites for hydroxylation is 1. The highest BCUT2D eigenvalue weighted by Gasteiger charge is 2.27. The van der Waals surface area contributed by atoms with Crippen molar-refractivity contribution in [2.24, 2.45) is 4.99 Å². The molecule has 126 valence electrons. The molecular formula is C20H23ClN2S. The van der Waals surface area contributed by atoms with E-state index in [0.29, 0.717) is 5.92 Å². The Morgan fingerprint density at radius 2 is 2.00 bits per heavy atom. The number of hydrogen-bond acceptors (Lipinski definition) is 2. The van der Waals surface area contributed by atoms with Crippen LogP contribution < -0.4 is 0 Å². The van der Waals surface area contributed by atoms with Crippen molar-refractivity contribution in [3.8, 4) is 0 Å². The van der Waals surface area contributed by atoms with Crippen LogP contribution in [0.15, 0.2) is 51.2 Å². The first kappa shape index (κ1) is 17.4. The molecule has 0 saturated heterocycles. The molecule has 0 unspecified atom stereocenters. The van der Waals surface area contributed by atoms with Crippen LogP contribution in [0.1, 0.15) is 36.8 Å². The maximum absolute atomic E-state index is 6.32. The van der Waals surface area contributed by atoms with E-state index < -0.39 is 0 Å². The molecule has 1 aliphatic rings. The minimum Gasteiger partial charge on any atom is -0.366 e. The van der Waals surface area contributed by atoms with Crippen LogP contribution in [-0.2, 0) is 0 Å². The van der Waals surface area contributed by atoms with Gasteiger partial charge in [0.2, 0.25) is 0 Å². The van der Waals surface area contributed by atoms with Crippen molar-refractivity contribution in [1.82, 2.24) is 4.90 Å². The lowest BCUT2D eigenvalue weighted by Gasteiger charge is -2.14. The molecule has 2 aromatic rings. The second-order valence-electron chi connectivity index (χ2n) is 6.30. The van der Waals surface area contributed by atoms with Gasteiger partial charge < -0.3 is 4.90 Å². The molecule has 4 heteroatoms. The predicted octanol–water partition coefficient (Wildman–Crippen LogP) is 6.29. The first-order chi connectivity index (χ1) is 11.6. The minimum atomic E-state index is 0.662. The highest BCUT2D eigenvalue weighted by Crippen LogP contribution is 2.47. The van der Waals surface area contributed by atoms with Crippen LogP contribution in [0, 0.1) is 6.92 Å². The third-order valence-electron chi connectivity index (χ3n) is 4.29. The highest BCUT2D eigenvalue weighted by atomic mass is 35.5. The topological polar surface area (TPSA) is 15.6 Å². The van der Waals surface area contributed by atoms with Gasteiger partial charge in [0.15, 0.2) is 0 Å². The summed E-state index contributed by atoms with van der Waals surface area (Å²) in [5.74, 6) is 0.662. The van der Waals surface area contributed by atoms with Crippen molar-refractivity contribution in [1.29, 1.82) is 0 Å². The fourth-order valence-electron chi connectivity index (χ4n) is 2.52. The fourth-order valence-corrected chi connectivity index (χ4v) is 3.73. The molecule has 1 fully saturated rings. The monoisotopic (exact) mass is 358 g/mol. The third kappa shape index (κ3) is 4.14. The van der Waals surface area contributed by atoms with Crippen LogP contribution >= 0.6 is 23.4 Å². The van der Waals surface area contributed by atoms with Crippen molar-refractivity contribution in [3.63, 3.8) is 0 Å². The van der Waals surface area contributed by atoms with Gasteiger partial charge in [-0.15, -0.1) is 0 Å². The largest absolute Gasteiger partial charge is 0.366 e. The molecule has 1 aliphatic carbocycles. The Bertz CT molecular complexity index is 753. The van der Waals surface area contributed by atoms with E-state index in [2.05, 4.69) is 44.0 Å². The molecule has 24 heavy (non-hydrogen) atoms. The molecule has 0 heterocycles. The van der Waals surface area contributed by atoms with E-state index in [1.165, 1.54) is 28.9 Å². The zero-order valence-electron chi connectivity index (χ0n) is 14.4. The standard InChI is InChI=1S/C20H23ClN2S/c1-4-23(3)13-22-18-11-14(2)20(12-16(18)15-9-10-15)24-19-8-6-5-7-17(19)21/h5-8,11-13,15H,4,9-10H2,1-3H3. The molecule has 0 radical (unpaired) electrons. The molecule has 0 atom stereocenters. The fraction of sp³-hybridized carbons (Fsp3) is 0.350. The lowest BCUT2D eigenvalue weighted by atomic mass is 10.1. The predicted molar refractivity (Wildman–Crippen MR) is 105 cm³/mol. The normalized spacial score (nSPS) is 14.3. The molecule has 1 saturated carbocycles. The molecule has 2 nitrogen and oxygen atoms in total. The van der Waals surface area contributed by atoms with Crippen molar-refractivity contribution in [3.05, 3.63) is 52.5 Å². The van der Waals surface area contributed by atoms with Crippen molar-refractivity contribution >= 4 is 35.4 Å². The van der Waals surface area contributed by atoms with E-state index >= 15 is 0 Å². The van der Waals surface area contributed by atoms with E-state index in [1.807, 2.05) is 24.5 Å². The van der Waals surface area contributed by atoms with Crippen LogP contribution in [0.3, 0.4) is 0 Å². The Kier molecular flexibility index (Phi) is 5.52. The number of hydrogen-bond donors (Lipinski definition) is 0. The average molecular weight is 359 g/mol. The van der Waals surface area contributed by atoms with E-state index in [0.717, 1.165) is 22.2 Å². The Morgan fingerprint density at radius 1 is 1.25 bits per heavy atom. The maximum Gasteiger partial charge on any atom is 0.0909 e. The van der Waals surface area contributed by atoms with Gasteiger partial charge >= 0.3 is 0 Å². The zero-order valence-corrected chi connectivity index (χ0v) is 16.0. The minimum absolute atomic E-state index is 0.662. The SMILES string of the molecule is CCN(C)C=Nc1cc(C)c(Sc2ccccc2Cl)cc1C1CC1. The van der Waals surface area contributed by atoms with Gasteiger partial charge in [-0.1, -0.05) is 35.5 Å². The number of benzene rings is 2. The smallest absolute Gasteiger partial charge is 0.0909 e. The molecule has 0 bridgehead atoms. The van der Waals surface area contributed by atoms with Crippen LogP contribution in [0.25, 0.3) is 0 Å². The van der Waals surface area contributed by atoms with Gasteiger partial charge in [0.05, 0.1) is 17.0 Å². The van der Waals surface area contributed by atoms with Crippen molar-refractivity contribution in [2.45, 2.75) is 42.4 Å². The zero-order chi connectivity index (χ0) is 17.1. The van der Waals surface area contributed by atoms with E-state index in [9.17, 15) is 0 Å². The summed E-state index contributed by atoms with van der Waals surface area (Å²) in [6, 6.07) is 12.6. The lowest BCUT2D eigenvalue weighted by Crippen LogP contribution is -2.14. The molecular weight excluding hydrogens is 336 g/mol. The lowest BCUT2D eigenvalue weighted by molar-refractivity contribution is 0.552. The second-order valence-corrected chi connectivity index (χ2v) is 7.79. The van der Waals surface area contributed by atoms with Gasteiger partial charge in [-0.3, -0.25) is 0 Å². The summed E-state index contributed by atoms with van der Waals surface area (Å²) >= 11 is 8.07. The Morgan fingerprint density at radius 3 is 2.67 bits per heavy atom. The van der Waals surface area contributed by atoms with Crippen LogP contribution in [-0.4, -0.2) is 24.8 Å². The number of nitrogens with zero attached hydrogens (tertiary/aromatic N) is 2. The van der Waals surface area contributed by atoms with E-state index in [1.54, 1.807) is 11.8 Å². The summed E-state index contributed by atoms with van der Waals surface area (Å²) in [4.78, 5) is 9.20. The molecule has 0 N–H and O–H groups in total. The van der Waals surface area contributed by atoms with Crippen LogP contribution in [0.2, 0.25) is 5.02 Å². The molecule has 0 aliphatic heterocycles.